The molecule has 0 saturated carbocycles. The maximum absolute atomic E-state index is 12.7. The van der Waals surface area contributed by atoms with Crippen LogP contribution in [0.25, 0.3) is 5.65 Å². The van der Waals surface area contributed by atoms with Crippen molar-refractivity contribution in [1.29, 1.82) is 0 Å². The maximum atomic E-state index is 12.7. The number of fused-ring (bicyclic) bond motifs is 1. The van der Waals surface area contributed by atoms with Crippen molar-refractivity contribution in [1.82, 2.24) is 19.8 Å². The standard InChI is InChI=1S/C10H12F3N5O2S/c1-21(19,20)6-2-5-14-7-3-4-8-15-16-9(10(11,12)13)18(8)17-7/h3-4H,2,5-6H2,1H3,(H,14,17). The van der Waals surface area contributed by atoms with Gasteiger partial charge in [0, 0.05) is 12.8 Å². The third-order valence-electron chi connectivity index (χ3n) is 2.51. The quantitative estimate of drug-likeness (QED) is 0.826. The van der Waals surface area contributed by atoms with Crippen molar-refractivity contribution in [2.75, 3.05) is 23.9 Å². The Balaban J connectivity index is 2.11. The Hall–Kier alpha value is -1.91. The highest BCUT2D eigenvalue weighted by atomic mass is 32.2. The van der Waals surface area contributed by atoms with Crippen LogP contribution in [0.5, 0.6) is 0 Å². The second kappa shape index (κ2) is 5.47. The molecule has 0 radical (unpaired) electrons. The van der Waals surface area contributed by atoms with E-state index in [4.69, 9.17) is 0 Å². The van der Waals surface area contributed by atoms with E-state index in [1.54, 1.807) is 0 Å². The molecule has 1 N–H and O–H groups in total. The molecule has 0 atom stereocenters. The maximum Gasteiger partial charge on any atom is 0.453 e. The lowest BCUT2D eigenvalue weighted by molar-refractivity contribution is -0.146. The van der Waals surface area contributed by atoms with Crippen LogP contribution < -0.4 is 5.32 Å². The van der Waals surface area contributed by atoms with Gasteiger partial charge in [0.05, 0.1) is 5.75 Å². The van der Waals surface area contributed by atoms with E-state index in [1.165, 1.54) is 12.1 Å². The summed E-state index contributed by atoms with van der Waals surface area (Å²) >= 11 is 0. The topological polar surface area (TPSA) is 89.2 Å². The lowest BCUT2D eigenvalue weighted by Gasteiger charge is -2.07. The minimum absolute atomic E-state index is 0.0112. The SMILES string of the molecule is CS(=O)(=O)CCCNc1ccc2nnc(C(F)(F)F)n2n1. The fraction of sp³-hybridized carbons (Fsp3) is 0.500. The summed E-state index contributed by atoms with van der Waals surface area (Å²) in [5.74, 6) is -1.04. The normalized spacial score (nSPS) is 12.8. The van der Waals surface area contributed by atoms with Gasteiger partial charge in [-0.1, -0.05) is 0 Å². The summed E-state index contributed by atoms with van der Waals surface area (Å²) in [6.45, 7) is 0.273. The van der Waals surface area contributed by atoms with Crippen LogP contribution in [0.4, 0.5) is 19.0 Å². The van der Waals surface area contributed by atoms with Gasteiger partial charge in [0.1, 0.15) is 15.7 Å². The van der Waals surface area contributed by atoms with E-state index < -0.39 is 21.8 Å². The third-order valence-corrected chi connectivity index (χ3v) is 3.54. The number of aromatic nitrogens is 4. The van der Waals surface area contributed by atoms with E-state index >= 15 is 0 Å². The Morgan fingerprint density at radius 2 is 2.00 bits per heavy atom. The van der Waals surface area contributed by atoms with E-state index in [0.717, 1.165) is 6.26 Å². The number of sulfone groups is 1. The zero-order chi connectivity index (χ0) is 15.7. The Kier molecular flexibility index (Phi) is 4.03. The number of anilines is 1. The summed E-state index contributed by atoms with van der Waals surface area (Å²) in [6.07, 6.45) is -3.21. The number of alkyl halides is 3. The molecular formula is C10H12F3N5O2S. The Morgan fingerprint density at radius 1 is 1.29 bits per heavy atom. The zero-order valence-electron chi connectivity index (χ0n) is 10.9. The first-order chi connectivity index (χ1) is 9.67. The number of rotatable bonds is 5. The molecule has 11 heteroatoms. The van der Waals surface area contributed by atoms with Crippen molar-refractivity contribution in [3.8, 4) is 0 Å². The molecule has 0 aliphatic carbocycles. The van der Waals surface area contributed by atoms with E-state index in [9.17, 15) is 21.6 Å². The fourth-order valence-corrected chi connectivity index (χ4v) is 2.28. The van der Waals surface area contributed by atoms with Crippen LogP contribution in [0.2, 0.25) is 0 Å². The van der Waals surface area contributed by atoms with Gasteiger partial charge in [-0.15, -0.1) is 15.3 Å². The molecule has 0 aliphatic heterocycles. The molecule has 0 bridgehead atoms. The Bertz CT molecular complexity index is 741. The molecule has 0 amide bonds. The van der Waals surface area contributed by atoms with Gasteiger partial charge in [-0.2, -0.15) is 17.7 Å². The lowest BCUT2D eigenvalue weighted by Crippen LogP contribution is -2.14. The van der Waals surface area contributed by atoms with Gasteiger partial charge in [0.25, 0.3) is 5.82 Å². The lowest BCUT2D eigenvalue weighted by atomic mass is 10.4. The number of hydrogen-bond donors (Lipinski definition) is 1. The van der Waals surface area contributed by atoms with Crippen molar-refractivity contribution in [3.63, 3.8) is 0 Å². The van der Waals surface area contributed by atoms with Crippen molar-refractivity contribution >= 4 is 21.3 Å². The van der Waals surface area contributed by atoms with Gasteiger partial charge in [0.15, 0.2) is 5.65 Å². The van der Waals surface area contributed by atoms with E-state index in [0.29, 0.717) is 10.9 Å². The number of halogens is 3. The molecule has 2 heterocycles. The molecule has 0 fully saturated rings. The van der Waals surface area contributed by atoms with Crippen LogP contribution >= 0.6 is 0 Å². The number of nitrogens with zero attached hydrogens (tertiary/aromatic N) is 4. The highest BCUT2D eigenvalue weighted by Crippen LogP contribution is 2.27. The van der Waals surface area contributed by atoms with Crippen molar-refractivity contribution < 1.29 is 21.6 Å². The predicted molar refractivity (Wildman–Crippen MR) is 68.6 cm³/mol. The fourth-order valence-electron chi connectivity index (χ4n) is 1.61. The Labute approximate surface area is 118 Å². The molecule has 2 aromatic rings. The summed E-state index contributed by atoms with van der Waals surface area (Å²) in [5, 5.41) is 12.9. The first kappa shape index (κ1) is 15.5. The first-order valence-corrected chi connectivity index (χ1v) is 7.94. The molecule has 2 rings (SSSR count). The number of nitrogens with one attached hydrogen (secondary N) is 1. The van der Waals surface area contributed by atoms with E-state index in [-0.39, 0.29) is 23.8 Å². The van der Waals surface area contributed by atoms with Crippen molar-refractivity contribution in [2.24, 2.45) is 0 Å². The predicted octanol–water partition coefficient (Wildman–Crippen LogP) is 0.990. The Morgan fingerprint density at radius 3 is 2.62 bits per heavy atom. The van der Waals surface area contributed by atoms with E-state index in [1.807, 2.05) is 0 Å². The van der Waals surface area contributed by atoms with Gasteiger partial charge < -0.3 is 5.32 Å². The summed E-state index contributed by atoms with van der Waals surface area (Å²) < 4.78 is 60.5. The molecule has 2 aromatic heterocycles. The second-order valence-corrected chi connectivity index (χ2v) is 6.68. The summed E-state index contributed by atoms with van der Waals surface area (Å²) in [6, 6.07) is 2.79. The monoisotopic (exact) mass is 323 g/mol. The van der Waals surface area contributed by atoms with Gasteiger partial charge in [-0.25, -0.2) is 8.42 Å². The molecule has 0 aliphatic rings. The van der Waals surface area contributed by atoms with Crippen LogP contribution in [0.1, 0.15) is 12.2 Å². The van der Waals surface area contributed by atoms with Gasteiger partial charge in [0.2, 0.25) is 0 Å². The van der Waals surface area contributed by atoms with Crippen LogP contribution in [0.15, 0.2) is 12.1 Å². The molecule has 0 unspecified atom stereocenters. The summed E-state index contributed by atoms with van der Waals surface area (Å²) in [5.41, 5.74) is -0.0241. The van der Waals surface area contributed by atoms with Crippen molar-refractivity contribution in [3.05, 3.63) is 18.0 Å². The second-order valence-electron chi connectivity index (χ2n) is 4.42. The molecule has 0 spiro atoms. The minimum atomic E-state index is -4.65. The summed E-state index contributed by atoms with van der Waals surface area (Å²) in [4.78, 5) is 0. The van der Waals surface area contributed by atoms with Crippen molar-refractivity contribution in [2.45, 2.75) is 12.6 Å². The van der Waals surface area contributed by atoms with Crippen LogP contribution in [-0.4, -0.2) is 46.8 Å². The van der Waals surface area contributed by atoms with Gasteiger partial charge in [-0.05, 0) is 18.6 Å². The minimum Gasteiger partial charge on any atom is -0.369 e. The summed E-state index contributed by atoms with van der Waals surface area (Å²) in [7, 11) is -3.06. The van der Waals surface area contributed by atoms with Gasteiger partial charge in [-0.3, -0.25) is 0 Å². The average molecular weight is 323 g/mol. The molecule has 21 heavy (non-hydrogen) atoms. The molecule has 0 aromatic carbocycles. The molecular weight excluding hydrogens is 311 g/mol. The van der Waals surface area contributed by atoms with Crippen LogP contribution in [0, 0.1) is 0 Å². The third kappa shape index (κ3) is 4.03. The largest absolute Gasteiger partial charge is 0.453 e. The van der Waals surface area contributed by atoms with Crippen LogP contribution in [-0.2, 0) is 16.0 Å². The zero-order valence-corrected chi connectivity index (χ0v) is 11.7. The molecule has 7 nitrogen and oxygen atoms in total. The average Bonchev–Trinajstić information content (AvgIpc) is 2.76. The smallest absolute Gasteiger partial charge is 0.369 e. The molecule has 116 valence electrons. The van der Waals surface area contributed by atoms with Gasteiger partial charge >= 0.3 is 6.18 Å². The first-order valence-electron chi connectivity index (χ1n) is 5.88. The highest BCUT2D eigenvalue weighted by molar-refractivity contribution is 7.90. The number of hydrogen-bond acceptors (Lipinski definition) is 6. The van der Waals surface area contributed by atoms with E-state index in [2.05, 4.69) is 20.6 Å². The highest BCUT2D eigenvalue weighted by Gasteiger charge is 2.37. The molecule has 0 saturated heterocycles. The van der Waals surface area contributed by atoms with Crippen LogP contribution in [0.3, 0.4) is 0 Å².